The van der Waals surface area contributed by atoms with E-state index in [1.54, 1.807) is 18.2 Å². The number of ether oxygens (including phenoxy) is 1. The normalized spacial score (nSPS) is 15.0. The van der Waals surface area contributed by atoms with E-state index in [-0.39, 0.29) is 17.3 Å². The minimum Gasteiger partial charge on any atom is -0.402 e. The summed E-state index contributed by atoms with van der Waals surface area (Å²) in [5.41, 5.74) is 2.19. The zero-order chi connectivity index (χ0) is 18.5. The van der Waals surface area contributed by atoms with Crippen LogP contribution in [0.15, 0.2) is 59.2 Å². The van der Waals surface area contributed by atoms with E-state index >= 15 is 0 Å². The van der Waals surface area contributed by atoms with Gasteiger partial charge in [0.1, 0.15) is 0 Å². The smallest absolute Gasteiger partial charge is 0.363 e. The van der Waals surface area contributed by atoms with Gasteiger partial charge in [0.25, 0.3) is 5.69 Å². The molecule has 0 bridgehead atoms. The maximum absolute atomic E-state index is 12.1. The first-order valence-electron chi connectivity index (χ1n) is 8.44. The van der Waals surface area contributed by atoms with Gasteiger partial charge in [0, 0.05) is 11.6 Å². The Labute approximate surface area is 151 Å². The van der Waals surface area contributed by atoms with Gasteiger partial charge >= 0.3 is 5.97 Å². The number of carbonyl (C=O) groups is 1. The fourth-order valence-electron chi connectivity index (χ4n) is 2.65. The van der Waals surface area contributed by atoms with Crippen LogP contribution in [0.2, 0.25) is 0 Å². The SMILES string of the molecule is CCCCc1ccc(C2=NC(=Cc3ccccc3[N+](=O)[O-])C(=O)O2)cc1. The van der Waals surface area contributed by atoms with Gasteiger partial charge in [-0.3, -0.25) is 10.1 Å². The number of benzene rings is 2. The van der Waals surface area contributed by atoms with E-state index < -0.39 is 10.9 Å². The zero-order valence-corrected chi connectivity index (χ0v) is 14.3. The van der Waals surface area contributed by atoms with Gasteiger partial charge in [-0.1, -0.05) is 37.6 Å². The standard InChI is InChI=1S/C20H18N2O4/c1-2-3-6-14-9-11-15(12-10-14)19-21-17(20(23)26-19)13-16-7-4-5-8-18(16)22(24)25/h4-5,7-13H,2-3,6H2,1H3. The Morgan fingerprint density at radius 2 is 1.88 bits per heavy atom. The molecule has 0 atom stereocenters. The highest BCUT2D eigenvalue weighted by molar-refractivity contribution is 6.13. The molecule has 0 aliphatic carbocycles. The summed E-state index contributed by atoms with van der Waals surface area (Å²) in [5, 5.41) is 11.1. The Hall–Kier alpha value is -3.28. The predicted molar refractivity (Wildman–Crippen MR) is 98.8 cm³/mol. The number of para-hydroxylation sites is 1. The van der Waals surface area contributed by atoms with E-state index in [0.717, 1.165) is 19.3 Å². The van der Waals surface area contributed by atoms with Gasteiger partial charge in [0.05, 0.1) is 10.5 Å². The largest absolute Gasteiger partial charge is 0.402 e. The van der Waals surface area contributed by atoms with Gasteiger partial charge in [-0.2, -0.15) is 0 Å². The van der Waals surface area contributed by atoms with Crippen LogP contribution in [0.3, 0.4) is 0 Å². The first-order valence-corrected chi connectivity index (χ1v) is 8.44. The number of rotatable bonds is 6. The van der Waals surface area contributed by atoms with Crippen molar-refractivity contribution in [3.63, 3.8) is 0 Å². The lowest BCUT2D eigenvalue weighted by Crippen LogP contribution is -2.05. The Kier molecular flexibility index (Phi) is 5.22. The third-order valence-corrected chi connectivity index (χ3v) is 4.07. The highest BCUT2D eigenvalue weighted by Gasteiger charge is 2.25. The van der Waals surface area contributed by atoms with E-state index in [2.05, 4.69) is 11.9 Å². The monoisotopic (exact) mass is 350 g/mol. The summed E-state index contributed by atoms with van der Waals surface area (Å²) in [6, 6.07) is 13.9. The quantitative estimate of drug-likeness (QED) is 0.337. The van der Waals surface area contributed by atoms with E-state index in [4.69, 9.17) is 4.74 Å². The number of aryl methyl sites for hydroxylation is 1. The highest BCUT2D eigenvalue weighted by Crippen LogP contribution is 2.24. The predicted octanol–water partition coefficient (Wildman–Crippen LogP) is 4.28. The summed E-state index contributed by atoms with van der Waals surface area (Å²) in [6.45, 7) is 2.14. The maximum Gasteiger partial charge on any atom is 0.363 e. The topological polar surface area (TPSA) is 81.8 Å². The molecule has 3 rings (SSSR count). The van der Waals surface area contributed by atoms with Gasteiger partial charge in [-0.15, -0.1) is 0 Å². The molecule has 2 aromatic rings. The molecule has 6 nitrogen and oxygen atoms in total. The molecule has 0 aromatic heterocycles. The zero-order valence-electron chi connectivity index (χ0n) is 14.3. The Morgan fingerprint density at radius 3 is 2.58 bits per heavy atom. The molecule has 0 N–H and O–H groups in total. The van der Waals surface area contributed by atoms with Crippen LogP contribution in [0.1, 0.15) is 36.5 Å². The van der Waals surface area contributed by atoms with Crippen LogP contribution in [0.5, 0.6) is 0 Å². The van der Waals surface area contributed by atoms with Crippen molar-refractivity contribution in [2.24, 2.45) is 4.99 Å². The minimum absolute atomic E-state index is 0.0457. The summed E-state index contributed by atoms with van der Waals surface area (Å²) in [5.74, 6) is -0.407. The van der Waals surface area contributed by atoms with Gasteiger partial charge in [0.2, 0.25) is 5.90 Å². The number of hydrogen-bond donors (Lipinski definition) is 0. The van der Waals surface area contributed by atoms with Gasteiger partial charge in [-0.25, -0.2) is 9.79 Å². The molecule has 2 aromatic carbocycles. The van der Waals surface area contributed by atoms with Crippen LogP contribution >= 0.6 is 0 Å². The second-order valence-corrected chi connectivity index (χ2v) is 5.95. The molecule has 26 heavy (non-hydrogen) atoms. The van der Waals surface area contributed by atoms with Crippen molar-refractivity contribution in [3.8, 4) is 0 Å². The summed E-state index contributed by atoms with van der Waals surface area (Å²) < 4.78 is 5.23. The van der Waals surface area contributed by atoms with E-state index in [1.165, 1.54) is 17.7 Å². The number of nitro benzene ring substituents is 1. The van der Waals surface area contributed by atoms with Crippen molar-refractivity contribution < 1.29 is 14.5 Å². The van der Waals surface area contributed by atoms with E-state index in [0.29, 0.717) is 11.1 Å². The number of aliphatic imine (C=N–C) groups is 1. The Bertz CT molecular complexity index is 898. The number of esters is 1. The lowest BCUT2D eigenvalue weighted by atomic mass is 10.1. The molecular weight excluding hydrogens is 332 g/mol. The number of unbranched alkanes of at least 4 members (excludes halogenated alkanes) is 1. The van der Waals surface area contributed by atoms with Crippen LogP contribution in [0.4, 0.5) is 5.69 Å². The highest BCUT2D eigenvalue weighted by atomic mass is 16.6. The molecule has 0 radical (unpaired) electrons. The van der Waals surface area contributed by atoms with Gasteiger partial charge in [0.15, 0.2) is 5.70 Å². The second-order valence-electron chi connectivity index (χ2n) is 5.95. The third kappa shape index (κ3) is 3.85. The number of hydrogen-bond acceptors (Lipinski definition) is 5. The van der Waals surface area contributed by atoms with Crippen molar-refractivity contribution in [2.45, 2.75) is 26.2 Å². The molecular formula is C20H18N2O4. The van der Waals surface area contributed by atoms with Crippen LogP contribution in [-0.4, -0.2) is 16.8 Å². The van der Waals surface area contributed by atoms with Crippen molar-refractivity contribution in [3.05, 3.63) is 81.0 Å². The summed E-state index contributed by atoms with van der Waals surface area (Å²) in [7, 11) is 0. The third-order valence-electron chi connectivity index (χ3n) is 4.07. The first kappa shape index (κ1) is 17.5. The number of cyclic esters (lactones) is 1. The molecule has 1 aliphatic heterocycles. The van der Waals surface area contributed by atoms with E-state index in [9.17, 15) is 14.9 Å². The van der Waals surface area contributed by atoms with E-state index in [1.807, 2.05) is 24.3 Å². The van der Waals surface area contributed by atoms with Crippen molar-refractivity contribution in [2.75, 3.05) is 0 Å². The van der Waals surface area contributed by atoms with Gasteiger partial charge < -0.3 is 4.74 Å². The van der Waals surface area contributed by atoms with Crippen LogP contribution in [0.25, 0.3) is 6.08 Å². The fraction of sp³-hybridized carbons (Fsp3) is 0.200. The molecule has 0 amide bonds. The summed E-state index contributed by atoms with van der Waals surface area (Å²) >= 11 is 0. The summed E-state index contributed by atoms with van der Waals surface area (Å²) in [6.07, 6.45) is 4.64. The number of nitro groups is 1. The molecule has 1 heterocycles. The fourth-order valence-corrected chi connectivity index (χ4v) is 2.65. The molecule has 0 saturated heterocycles. The number of carbonyl (C=O) groups excluding carboxylic acids is 1. The Morgan fingerprint density at radius 1 is 1.15 bits per heavy atom. The van der Waals surface area contributed by atoms with Crippen molar-refractivity contribution in [1.29, 1.82) is 0 Å². The average molecular weight is 350 g/mol. The van der Waals surface area contributed by atoms with Crippen LogP contribution in [-0.2, 0) is 16.0 Å². The van der Waals surface area contributed by atoms with Gasteiger partial charge in [-0.05, 0) is 42.7 Å². The van der Waals surface area contributed by atoms with Crippen LogP contribution in [0, 0.1) is 10.1 Å². The first-order chi connectivity index (χ1) is 12.6. The maximum atomic E-state index is 12.1. The molecule has 0 unspecified atom stereocenters. The number of nitrogens with zero attached hydrogens (tertiary/aromatic N) is 2. The lowest BCUT2D eigenvalue weighted by molar-refractivity contribution is -0.385. The van der Waals surface area contributed by atoms with Crippen molar-refractivity contribution >= 4 is 23.6 Å². The molecule has 6 heteroatoms. The molecule has 0 fully saturated rings. The molecule has 0 saturated carbocycles. The average Bonchev–Trinajstić information content (AvgIpc) is 3.01. The Balaban J connectivity index is 1.86. The minimum atomic E-state index is -0.617. The lowest BCUT2D eigenvalue weighted by Gasteiger charge is -2.02. The molecule has 1 aliphatic rings. The summed E-state index contributed by atoms with van der Waals surface area (Å²) in [4.78, 5) is 26.9. The van der Waals surface area contributed by atoms with Crippen molar-refractivity contribution in [1.82, 2.24) is 0 Å². The molecule has 132 valence electrons. The van der Waals surface area contributed by atoms with Crippen LogP contribution < -0.4 is 0 Å². The second kappa shape index (κ2) is 7.74. The molecule has 0 spiro atoms.